The number of hydrogen-bond donors (Lipinski definition) is 1. The van der Waals surface area contributed by atoms with Gasteiger partial charge in [0.2, 0.25) is 0 Å². The van der Waals surface area contributed by atoms with E-state index in [4.69, 9.17) is 5.11 Å². The van der Waals surface area contributed by atoms with Gasteiger partial charge in [-0.1, -0.05) is 13.2 Å². The third-order valence-electron chi connectivity index (χ3n) is 0.732. The number of esters is 1. The fourth-order valence-electron chi connectivity index (χ4n) is 0.192. The molecule has 0 saturated heterocycles. The van der Waals surface area contributed by atoms with Gasteiger partial charge in [0.1, 0.15) is 0 Å². The highest BCUT2D eigenvalue weighted by molar-refractivity contribution is 5.87. The molecule has 0 spiro atoms. The number of hydrogen-bond acceptors (Lipinski definition) is 3. The SMILES string of the molecule is C=C(C)C(=O)OC(F)(F)F.C=CC(=O)O. The van der Waals surface area contributed by atoms with Gasteiger partial charge in [0.25, 0.3) is 0 Å². The Balaban J connectivity index is 0. The molecule has 0 bridgehead atoms. The molecule has 0 aliphatic carbocycles. The summed E-state index contributed by atoms with van der Waals surface area (Å²) in [6.07, 6.45) is -4.07. The normalized spacial score (nSPS) is 9.33. The number of aliphatic carboxylic acids is 1. The number of alkyl halides is 3. The lowest BCUT2D eigenvalue weighted by molar-refractivity contribution is -0.303. The molecule has 0 aliphatic heterocycles. The fraction of sp³-hybridized carbons (Fsp3) is 0.250. The minimum absolute atomic E-state index is 0.280. The van der Waals surface area contributed by atoms with E-state index in [0.29, 0.717) is 0 Å². The first-order chi connectivity index (χ1) is 6.60. The summed E-state index contributed by atoms with van der Waals surface area (Å²) in [7, 11) is 0. The molecule has 1 N–H and O–H groups in total. The molecule has 0 aromatic heterocycles. The second-order valence-corrected chi connectivity index (χ2v) is 2.16. The summed E-state index contributed by atoms with van der Waals surface area (Å²) < 4.78 is 36.5. The Bertz CT molecular complexity index is 268. The van der Waals surface area contributed by atoms with Crippen LogP contribution in [0.3, 0.4) is 0 Å². The first-order valence-corrected chi connectivity index (χ1v) is 3.41. The van der Waals surface area contributed by atoms with Crippen LogP contribution in [0.15, 0.2) is 24.8 Å². The maximum Gasteiger partial charge on any atom is 0.575 e. The van der Waals surface area contributed by atoms with Crippen LogP contribution in [0, 0.1) is 0 Å². The standard InChI is InChI=1S/C5H5F3O2.C3H4O2/c1-3(2)4(9)10-5(6,7)8;1-2-3(4)5/h1H2,2H3;2H,1H2,(H,4,5). The van der Waals surface area contributed by atoms with Crippen molar-refractivity contribution in [2.24, 2.45) is 0 Å². The topological polar surface area (TPSA) is 63.6 Å². The van der Waals surface area contributed by atoms with Crippen molar-refractivity contribution in [3.63, 3.8) is 0 Å². The zero-order valence-electron chi connectivity index (χ0n) is 7.80. The van der Waals surface area contributed by atoms with Crippen LogP contribution in [0.25, 0.3) is 0 Å². The maximum atomic E-state index is 11.2. The zero-order chi connectivity index (χ0) is 12.6. The van der Waals surface area contributed by atoms with Crippen LogP contribution in [0.2, 0.25) is 0 Å². The van der Waals surface area contributed by atoms with E-state index in [9.17, 15) is 22.8 Å². The number of carbonyl (C=O) groups excluding carboxylic acids is 1. The highest BCUT2D eigenvalue weighted by Gasteiger charge is 2.33. The van der Waals surface area contributed by atoms with Crippen molar-refractivity contribution < 1.29 is 32.6 Å². The van der Waals surface area contributed by atoms with Gasteiger partial charge in [-0.05, 0) is 6.92 Å². The molecule has 0 saturated carbocycles. The molecule has 0 aromatic rings. The maximum absolute atomic E-state index is 11.2. The third kappa shape index (κ3) is 15.0. The number of carboxylic acid groups (broad SMARTS) is 1. The summed E-state index contributed by atoms with van der Waals surface area (Å²) in [5.41, 5.74) is -0.280. The van der Waals surface area contributed by atoms with Crippen molar-refractivity contribution in [1.29, 1.82) is 0 Å². The molecular weight excluding hydrogens is 217 g/mol. The lowest BCUT2D eigenvalue weighted by Gasteiger charge is -2.05. The van der Waals surface area contributed by atoms with Crippen molar-refractivity contribution >= 4 is 11.9 Å². The number of rotatable bonds is 2. The summed E-state index contributed by atoms with van der Waals surface area (Å²) in [6, 6.07) is 0. The lowest BCUT2D eigenvalue weighted by atomic mass is 10.4. The van der Waals surface area contributed by atoms with Gasteiger partial charge in [-0.15, -0.1) is 13.2 Å². The Morgan fingerprint density at radius 3 is 1.80 bits per heavy atom. The lowest BCUT2D eigenvalue weighted by Crippen LogP contribution is -2.19. The van der Waals surface area contributed by atoms with Gasteiger partial charge in [-0.3, -0.25) is 0 Å². The van der Waals surface area contributed by atoms with Crippen LogP contribution in [0.4, 0.5) is 13.2 Å². The second-order valence-electron chi connectivity index (χ2n) is 2.16. The highest BCUT2D eigenvalue weighted by atomic mass is 19.4. The van der Waals surface area contributed by atoms with Crippen molar-refractivity contribution in [2.75, 3.05) is 0 Å². The first-order valence-electron chi connectivity index (χ1n) is 3.41. The average Bonchev–Trinajstić information content (AvgIpc) is 2.02. The molecule has 0 atom stereocenters. The van der Waals surface area contributed by atoms with Crippen molar-refractivity contribution in [1.82, 2.24) is 0 Å². The minimum atomic E-state index is -4.91. The second kappa shape index (κ2) is 6.63. The van der Waals surface area contributed by atoms with E-state index in [1.54, 1.807) is 0 Å². The smallest absolute Gasteiger partial charge is 0.478 e. The Hall–Kier alpha value is -1.79. The molecular formula is C8H9F3O4. The van der Waals surface area contributed by atoms with Crippen LogP contribution in [-0.4, -0.2) is 23.4 Å². The summed E-state index contributed by atoms with van der Waals surface area (Å²) in [5.74, 6) is -2.43. The molecule has 0 aliphatic rings. The van der Waals surface area contributed by atoms with E-state index in [-0.39, 0.29) is 5.57 Å². The van der Waals surface area contributed by atoms with E-state index in [2.05, 4.69) is 17.9 Å². The van der Waals surface area contributed by atoms with E-state index < -0.39 is 18.3 Å². The van der Waals surface area contributed by atoms with Gasteiger partial charge >= 0.3 is 18.3 Å². The van der Waals surface area contributed by atoms with Gasteiger partial charge in [-0.25, -0.2) is 9.59 Å². The van der Waals surface area contributed by atoms with Gasteiger partial charge in [0.05, 0.1) is 0 Å². The molecule has 0 aromatic carbocycles. The van der Waals surface area contributed by atoms with Gasteiger partial charge < -0.3 is 9.84 Å². The molecule has 15 heavy (non-hydrogen) atoms. The Kier molecular flexibility index (Phi) is 6.93. The van der Waals surface area contributed by atoms with Gasteiger partial charge in [0.15, 0.2) is 0 Å². The summed E-state index contributed by atoms with van der Waals surface area (Å²) >= 11 is 0. The summed E-state index contributed by atoms with van der Waals surface area (Å²) in [6.45, 7) is 7.06. The highest BCUT2D eigenvalue weighted by Crippen LogP contribution is 2.17. The molecule has 0 fully saturated rings. The van der Waals surface area contributed by atoms with Gasteiger partial charge in [0, 0.05) is 11.6 Å². The predicted octanol–water partition coefficient (Wildman–Crippen LogP) is 1.88. The molecule has 0 unspecified atom stereocenters. The quantitative estimate of drug-likeness (QED) is 0.576. The first kappa shape index (κ1) is 15.7. The Morgan fingerprint density at radius 2 is 1.73 bits per heavy atom. The van der Waals surface area contributed by atoms with Crippen LogP contribution in [-0.2, 0) is 14.3 Å². The van der Waals surface area contributed by atoms with E-state index in [0.717, 1.165) is 13.0 Å². The van der Waals surface area contributed by atoms with E-state index >= 15 is 0 Å². The van der Waals surface area contributed by atoms with E-state index in [1.807, 2.05) is 0 Å². The van der Waals surface area contributed by atoms with Crippen molar-refractivity contribution in [2.45, 2.75) is 13.3 Å². The van der Waals surface area contributed by atoms with Crippen LogP contribution in [0.5, 0.6) is 0 Å². The molecule has 0 radical (unpaired) electrons. The van der Waals surface area contributed by atoms with E-state index in [1.165, 1.54) is 0 Å². The number of carbonyl (C=O) groups is 2. The molecule has 0 heterocycles. The molecule has 4 nitrogen and oxygen atoms in total. The molecule has 86 valence electrons. The number of halogens is 3. The summed E-state index contributed by atoms with van der Waals surface area (Å²) in [5, 5.41) is 7.60. The largest absolute Gasteiger partial charge is 0.575 e. The predicted molar refractivity (Wildman–Crippen MR) is 44.8 cm³/mol. The Morgan fingerprint density at radius 1 is 1.40 bits per heavy atom. The number of ether oxygens (including phenoxy) is 1. The third-order valence-corrected chi connectivity index (χ3v) is 0.732. The average molecular weight is 226 g/mol. The molecule has 0 rings (SSSR count). The fourth-order valence-corrected chi connectivity index (χ4v) is 0.192. The minimum Gasteiger partial charge on any atom is -0.478 e. The monoisotopic (exact) mass is 226 g/mol. The summed E-state index contributed by atoms with van der Waals surface area (Å²) in [4.78, 5) is 19.4. The zero-order valence-corrected chi connectivity index (χ0v) is 7.80. The molecule has 7 heteroatoms. The number of carboxylic acids is 1. The van der Waals surface area contributed by atoms with Crippen LogP contribution < -0.4 is 0 Å². The van der Waals surface area contributed by atoms with Crippen LogP contribution in [0.1, 0.15) is 6.92 Å². The van der Waals surface area contributed by atoms with Crippen molar-refractivity contribution in [3.05, 3.63) is 24.8 Å². The van der Waals surface area contributed by atoms with Gasteiger partial charge in [-0.2, -0.15) is 0 Å². The Labute approximate surface area is 83.6 Å². The van der Waals surface area contributed by atoms with Crippen molar-refractivity contribution in [3.8, 4) is 0 Å². The van der Waals surface area contributed by atoms with Crippen LogP contribution >= 0.6 is 0 Å². The molecule has 0 amide bonds.